The number of rotatable bonds is 9. The first-order valence-electron chi connectivity index (χ1n) is 9.10. The number of aryl methyl sites for hydroxylation is 1. The Hall–Kier alpha value is -2.08. The second-order valence-electron chi connectivity index (χ2n) is 6.36. The molecule has 3 rings (SSSR count). The average molecular weight is 398 g/mol. The van der Waals surface area contributed by atoms with Gasteiger partial charge in [-0.2, -0.15) is 0 Å². The first-order chi connectivity index (χ1) is 13.2. The second-order valence-corrected chi connectivity index (χ2v) is 8.50. The van der Waals surface area contributed by atoms with Crippen LogP contribution in [0, 0.1) is 6.92 Å². The van der Waals surface area contributed by atoms with Crippen LogP contribution in [-0.2, 0) is 4.79 Å². The van der Waals surface area contributed by atoms with Crippen molar-refractivity contribution in [1.82, 2.24) is 5.32 Å². The lowest BCUT2D eigenvalue weighted by Crippen LogP contribution is -2.87. The van der Waals surface area contributed by atoms with Gasteiger partial charge < -0.3 is 10.6 Å². The number of thiophene rings is 1. The first kappa shape index (κ1) is 19.7. The van der Waals surface area contributed by atoms with Crippen LogP contribution in [0.3, 0.4) is 0 Å². The van der Waals surface area contributed by atoms with Crippen molar-refractivity contribution in [1.29, 1.82) is 0 Å². The van der Waals surface area contributed by atoms with E-state index in [9.17, 15) is 4.79 Å². The Morgan fingerprint density at radius 3 is 2.56 bits per heavy atom. The van der Waals surface area contributed by atoms with Crippen LogP contribution in [0.4, 0.5) is 0 Å². The fourth-order valence-corrected chi connectivity index (χ4v) is 4.47. The highest BCUT2D eigenvalue weighted by molar-refractivity contribution is 7.99. The molecule has 3 nitrogen and oxygen atoms in total. The fraction of sp³-hybridized carbons (Fsp3) is 0.227. The minimum Gasteiger partial charge on any atom is -0.350 e. The van der Waals surface area contributed by atoms with E-state index in [0.29, 0.717) is 13.1 Å². The van der Waals surface area contributed by atoms with Crippen LogP contribution in [0.15, 0.2) is 77.0 Å². The molecule has 5 heteroatoms. The molecule has 1 aromatic heterocycles. The molecule has 0 aliphatic rings. The van der Waals surface area contributed by atoms with E-state index in [0.717, 1.165) is 5.75 Å². The Morgan fingerprint density at radius 1 is 1.07 bits per heavy atom. The molecule has 0 fully saturated rings. The Balaban J connectivity index is 1.48. The summed E-state index contributed by atoms with van der Waals surface area (Å²) in [5.74, 6) is 0.958. The quantitative estimate of drug-likeness (QED) is 0.428. The van der Waals surface area contributed by atoms with E-state index in [4.69, 9.17) is 0 Å². The largest absolute Gasteiger partial charge is 0.350 e. The number of quaternary nitrogens is 1. The molecule has 0 saturated heterocycles. The number of nitrogens with one attached hydrogen (secondary N) is 1. The average Bonchev–Trinajstić information content (AvgIpc) is 3.22. The zero-order valence-corrected chi connectivity index (χ0v) is 17.1. The summed E-state index contributed by atoms with van der Waals surface area (Å²) >= 11 is 3.49. The summed E-state index contributed by atoms with van der Waals surface area (Å²) in [6.07, 6.45) is 0. The van der Waals surface area contributed by atoms with Gasteiger partial charge in [0.15, 0.2) is 6.54 Å². The van der Waals surface area contributed by atoms with Crippen molar-refractivity contribution in [3.63, 3.8) is 0 Å². The van der Waals surface area contributed by atoms with Crippen LogP contribution in [0.25, 0.3) is 0 Å². The second kappa shape index (κ2) is 10.3. The third kappa shape index (κ3) is 6.24. The summed E-state index contributed by atoms with van der Waals surface area (Å²) in [4.78, 5) is 14.8. The first-order valence-corrected chi connectivity index (χ1v) is 11.0. The monoisotopic (exact) mass is 397 g/mol. The maximum absolute atomic E-state index is 12.3. The van der Waals surface area contributed by atoms with E-state index in [1.165, 1.54) is 20.9 Å². The summed E-state index contributed by atoms with van der Waals surface area (Å²) in [6, 6.07) is 23.2. The van der Waals surface area contributed by atoms with Gasteiger partial charge in [0.1, 0.15) is 6.04 Å². The van der Waals surface area contributed by atoms with Crippen LogP contribution < -0.4 is 10.6 Å². The van der Waals surface area contributed by atoms with E-state index < -0.39 is 0 Å². The molecule has 3 aromatic rings. The predicted molar refractivity (Wildman–Crippen MR) is 114 cm³/mol. The molecule has 0 saturated carbocycles. The van der Waals surface area contributed by atoms with Gasteiger partial charge in [0, 0.05) is 22.8 Å². The Labute approximate surface area is 169 Å². The highest BCUT2D eigenvalue weighted by Crippen LogP contribution is 2.23. The Bertz CT molecular complexity index is 817. The topological polar surface area (TPSA) is 45.7 Å². The van der Waals surface area contributed by atoms with Gasteiger partial charge in [0.25, 0.3) is 5.91 Å². The highest BCUT2D eigenvalue weighted by atomic mass is 32.2. The number of hydrogen-bond donors (Lipinski definition) is 2. The molecule has 3 N–H and O–H groups in total. The number of carbonyl (C=O) groups is 1. The van der Waals surface area contributed by atoms with Crippen LogP contribution in [-0.4, -0.2) is 24.7 Å². The zero-order chi connectivity index (χ0) is 18.9. The number of benzene rings is 2. The van der Waals surface area contributed by atoms with Gasteiger partial charge in [0.05, 0.1) is 4.88 Å². The maximum atomic E-state index is 12.3. The summed E-state index contributed by atoms with van der Waals surface area (Å²) < 4.78 is 0. The predicted octanol–water partition coefficient (Wildman–Crippen LogP) is 3.62. The van der Waals surface area contributed by atoms with Crippen molar-refractivity contribution in [2.24, 2.45) is 0 Å². The highest BCUT2D eigenvalue weighted by Gasteiger charge is 2.19. The van der Waals surface area contributed by atoms with Crippen molar-refractivity contribution in [3.05, 3.63) is 88.1 Å². The lowest BCUT2D eigenvalue weighted by molar-refractivity contribution is -0.676. The van der Waals surface area contributed by atoms with Gasteiger partial charge in [-0.25, -0.2) is 0 Å². The van der Waals surface area contributed by atoms with Gasteiger partial charge in [-0.15, -0.1) is 23.1 Å². The molecule has 0 radical (unpaired) electrons. The minimum absolute atomic E-state index is 0.0809. The van der Waals surface area contributed by atoms with Crippen LogP contribution >= 0.6 is 23.1 Å². The van der Waals surface area contributed by atoms with E-state index in [-0.39, 0.29) is 11.9 Å². The molecule has 0 unspecified atom stereocenters. The number of amides is 1. The van der Waals surface area contributed by atoms with Gasteiger partial charge in [-0.1, -0.05) is 54.1 Å². The SMILES string of the molecule is Cc1ccc([C@@H]([NH2+]CC(=O)NCCSc2ccccc2)c2cccs2)cc1. The third-order valence-corrected chi connectivity index (χ3v) is 6.23. The van der Waals surface area contributed by atoms with E-state index in [1.54, 1.807) is 23.1 Å². The molecule has 140 valence electrons. The summed E-state index contributed by atoms with van der Waals surface area (Å²) in [5.41, 5.74) is 2.48. The standard InChI is InChI=1S/C22H24N2OS2/c1-17-9-11-18(12-10-17)22(20-8-5-14-27-20)24-16-21(25)23-13-15-26-19-6-3-2-4-7-19/h2-12,14,22,24H,13,15-16H2,1H3,(H,23,25)/p+1/t22-/m1/s1. The number of thioether (sulfide) groups is 1. The van der Waals surface area contributed by atoms with Gasteiger partial charge >= 0.3 is 0 Å². The number of nitrogens with two attached hydrogens (primary N) is 1. The van der Waals surface area contributed by atoms with Crippen LogP contribution in [0.5, 0.6) is 0 Å². The van der Waals surface area contributed by atoms with E-state index >= 15 is 0 Å². The van der Waals surface area contributed by atoms with Gasteiger partial charge in [-0.3, -0.25) is 4.79 Å². The van der Waals surface area contributed by atoms with Crippen molar-refractivity contribution in [2.45, 2.75) is 17.9 Å². The normalized spacial score (nSPS) is 11.9. The lowest BCUT2D eigenvalue weighted by atomic mass is 10.0. The van der Waals surface area contributed by atoms with E-state index in [1.807, 2.05) is 18.2 Å². The van der Waals surface area contributed by atoms with Crippen LogP contribution in [0.2, 0.25) is 0 Å². The third-order valence-electron chi connectivity index (χ3n) is 4.26. The fourth-order valence-electron chi connectivity index (χ4n) is 2.83. The molecular formula is C22H25N2OS2+. The summed E-state index contributed by atoms with van der Waals surface area (Å²) in [7, 11) is 0. The van der Waals surface area contributed by atoms with E-state index in [2.05, 4.69) is 71.5 Å². The maximum Gasteiger partial charge on any atom is 0.275 e. The minimum atomic E-state index is 0.0809. The Morgan fingerprint density at radius 2 is 1.85 bits per heavy atom. The number of carbonyl (C=O) groups excluding carboxylic acids is 1. The summed E-state index contributed by atoms with van der Waals surface area (Å²) in [5, 5.41) is 7.24. The molecule has 0 aliphatic heterocycles. The molecule has 1 atom stereocenters. The summed E-state index contributed by atoms with van der Waals surface area (Å²) in [6.45, 7) is 3.20. The molecule has 0 aliphatic carbocycles. The smallest absolute Gasteiger partial charge is 0.275 e. The van der Waals surface area contributed by atoms with Gasteiger partial charge in [-0.05, 0) is 30.5 Å². The van der Waals surface area contributed by atoms with Crippen molar-refractivity contribution >= 4 is 29.0 Å². The molecule has 2 aromatic carbocycles. The van der Waals surface area contributed by atoms with Crippen molar-refractivity contribution < 1.29 is 10.1 Å². The van der Waals surface area contributed by atoms with Crippen molar-refractivity contribution in [3.8, 4) is 0 Å². The van der Waals surface area contributed by atoms with Crippen molar-refractivity contribution in [2.75, 3.05) is 18.8 Å². The molecule has 0 spiro atoms. The molecule has 27 heavy (non-hydrogen) atoms. The zero-order valence-electron chi connectivity index (χ0n) is 15.4. The number of hydrogen-bond acceptors (Lipinski definition) is 3. The molecule has 1 heterocycles. The lowest BCUT2D eigenvalue weighted by Gasteiger charge is -2.15. The Kier molecular flexibility index (Phi) is 7.51. The molecule has 0 bridgehead atoms. The molecule has 1 amide bonds. The van der Waals surface area contributed by atoms with Gasteiger partial charge in [0.2, 0.25) is 0 Å². The molecular weight excluding hydrogens is 372 g/mol. The van der Waals surface area contributed by atoms with Crippen LogP contribution in [0.1, 0.15) is 22.0 Å².